The Hall–Kier alpha value is -0.120. The minimum Gasteiger partial charge on any atom is -0.387 e. The summed E-state index contributed by atoms with van der Waals surface area (Å²) in [5, 5.41) is 4.79. The molecular formula is C10H18O3. The second kappa shape index (κ2) is 2.47. The maximum Gasteiger partial charge on any atom is 0.211 e. The monoisotopic (exact) mass is 188 g/mol. The van der Waals surface area contributed by atoms with E-state index in [2.05, 4.69) is 6.92 Å². The third-order valence-electron chi connectivity index (χ3n) is 3.66. The van der Waals surface area contributed by atoms with Gasteiger partial charge >= 0.3 is 0 Å². The van der Waals surface area contributed by atoms with Crippen molar-refractivity contribution in [3.05, 3.63) is 0 Å². The fraction of sp³-hybridized carbons (Fsp3) is 1.00. The molecule has 1 aliphatic carbocycles. The molecular weight excluding hydrogens is 168 g/mol. The van der Waals surface area contributed by atoms with E-state index in [0.717, 1.165) is 6.42 Å². The minimum atomic E-state index is -0.602. The van der Waals surface area contributed by atoms with E-state index in [4.69, 9.17) is 16.0 Å². The highest BCUT2D eigenvalue weighted by molar-refractivity contribution is 5.19. The Morgan fingerprint density at radius 3 is 2.85 bits per heavy atom. The zero-order valence-corrected chi connectivity index (χ0v) is 8.66. The molecule has 1 N–H and O–H groups in total. The normalized spacial score (nSPS) is 50.2. The molecule has 0 aromatic rings. The molecule has 2 saturated heterocycles. The Morgan fingerprint density at radius 1 is 1.69 bits per heavy atom. The van der Waals surface area contributed by atoms with Gasteiger partial charge in [0.1, 0.15) is 5.60 Å². The fourth-order valence-corrected chi connectivity index (χ4v) is 2.80. The molecule has 3 aliphatic rings. The van der Waals surface area contributed by atoms with Crippen LogP contribution in [0, 0.1) is 5.92 Å². The predicted molar refractivity (Wildman–Crippen MR) is 48.5 cm³/mol. The second-order valence-corrected chi connectivity index (χ2v) is 4.75. The summed E-state index contributed by atoms with van der Waals surface area (Å²) in [6.45, 7) is 5.84. The highest BCUT2D eigenvalue weighted by atomic mass is 16.6. The van der Waals surface area contributed by atoms with Crippen molar-refractivity contribution < 1.29 is 14.6 Å². The van der Waals surface area contributed by atoms with E-state index in [0.29, 0.717) is 5.92 Å². The van der Waals surface area contributed by atoms with E-state index in [-0.39, 0.29) is 12.2 Å². The Balaban J connectivity index is 2.25. The first-order valence-electron chi connectivity index (χ1n) is 5.24. The SMILES string of the molecule is [3H]OC(C)(C)C12CC(C(C)O1)C2OC. The van der Waals surface area contributed by atoms with Crippen LogP contribution in [0.5, 0.6) is 0 Å². The van der Waals surface area contributed by atoms with Gasteiger partial charge in [0.25, 0.3) is 0 Å². The molecule has 4 unspecified atom stereocenters. The van der Waals surface area contributed by atoms with Crippen LogP contribution in [0.4, 0.5) is 0 Å². The van der Waals surface area contributed by atoms with Crippen molar-refractivity contribution in [3.63, 3.8) is 0 Å². The number of hydrogen-bond donors (Lipinski definition) is 1. The fourth-order valence-electron chi connectivity index (χ4n) is 2.80. The van der Waals surface area contributed by atoms with Crippen molar-refractivity contribution in [1.29, 1.82) is 1.43 Å². The molecule has 3 nitrogen and oxygen atoms in total. The maximum atomic E-state index is 7.12. The van der Waals surface area contributed by atoms with Crippen molar-refractivity contribution in [2.24, 2.45) is 5.92 Å². The van der Waals surface area contributed by atoms with Gasteiger partial charge in [-0.3, -0.25) is 0 Å². The number of ether oxygens (including phenoxy) is 2. The molecule has 13 heavy (non-hydrogen) atoms. The summed E-state index contributed by atoms with van der Waals surface area (Å²) in [6, 6.07) is 0. The van der Waals surface area contributed by atoms with Gasteiger partial charge in [-0.05, 0) is 27.2 Å². The Bertz CT molecular complexity index is 244. The van der Waals surface area contributed by atoms with E-state index >= 15 is 0 Å². The van der Waals surface area contributed by atoms with Crippen molar-refractivity contribution in [2.75, 3.05) is 7.11 Å². The molecule has 2 aliphatic heterocycles. The van der Waals surface area contributed by atoms with Gasteiger partial charge in [-0.1, -0.05) is 0 Å². The molecule has 3 fully saturated rings. The third kappa shape index (κ3) is 0.953. The van der Waals surface area contributed by atoms with Crippen LogP contribution in [0.25, 0.3) is 0 Å². The van der Waals surface area contributed by atoms with Gasteiger partial charge in [0.2, 0.25) is 1.43 Å². The molecule has 2 heterocycles. The predicted octanol–water partition coefficient (Wildman–Crippen LogP) is 0.950. The lowest BCUT2D eigenvalue weighted by Gasteiger charge is -2.50. The summed E-state index contributed by atoms with van der Waals surface area (Å²) < 4.78 is 18.5. The number of aliphatic hydroxyl groups is 1. The van der Waals surface area contributed by atoms with Gasteiger partial charge in [-0.2, -0.15) is 0 Å². The van der Waals surface area contributed by atoms with E-state index in [9.17, 15) is 0 Å². The molecule has 1 saturated carbocycles. The van der Waals surface area contributed by atoms with Gasteiger partial charge < -0.3 is 14.6 Å². The summed E-state index contributed by atoms with van der Waals surface area (Å²) >= 11 is 0. The van der Waals surface area contributed by atoms with Crippen molar-refractivity contribution in [2.45, 2.75) is 50.6 Å². The first-order chi connectivity index (χ1) is 6.48. The van der Waals surface area contributed by atoms with Crippen LogP contribution in [0.3, 0.4) is 0 Å². The van der Waals surface area contributed by atoms with Crippen LogP contribution in [0.1, 0.15) is 27.2 Å². The van der Waals surface area contributed by atoms with Crippen LogP contribution < -0.4 is 0 Å². The summed E-state index contributed by atoms with van der Waals surface area (Å²) in [6.07, 6.45) is 1.24. The first kappa shape index (κ1) is 8.21. The van der Waals surface area contributed by atoms with Gasteiger partial charge in [-0.15, -0.1) is 0 Å². The average Bonchev–Trinajstić information content (AvgIpc) is 2.57. The topological polar surface area (TPSA) is 38.7 Å². The van der Waals surface area contributed by atoms with Gasteiger partial charge in [0.15, 0.2) is 0 Å². The highest BCUT2D eigenvalue weighted by Crippen LogP contribution is 2.58. The quantitative estimate of drug-likeness (QED) is 0.716. The largest absolute Gasteiger partial charge is 0.387 e. The standard InChI is InChI=1S/C10H18O3/c1-6-7-5-10(13-6,8(7)12-4)9(2,3)11/h6-8,11H,5H2,1-4H3/i11T. The molecule has 0 spiro atoms. The van der Waals surface area contributed by atoms with Crippen LogP contribution >= 0.6 is 0 Å². The lowest BCUT2D eigenvalue weighted by molar-refractivity contribution is -0.219. The number of rotatable bonds is 3. The Morgan fingerprint density at radius 2 is 2.38 bits per heavy atom. The van der Waals surface area contributed by atoms with Gasteiger partial charge in [-0.25, -0.2) is 0 Å². The van der Waals surface area contributed by atoms with Gasteiger partial charge in [0.05, 0.1) is 17.8 Å². The van der Waals surface area contributed by atoms with E-state index in [1.165, 1.54) is 0 Å². The van der Waals surface area contributed by atoms with Crippen LogP contribution in [0.2, 0.25) is 0 Å². The molecule has 2 bridgehead atoms. The molecule has 76 valence electrons. The van der Waals surface area contributed by atoms with E-state index < -0.39 is 11.2 Å². The Kier molecular flexibility index (Phi) is 1.56. The lowest BCUT2D eigenvalue weighted by Crippen LogP contribution is -2.65. The number of hydrogen-bond acceptors (Lipinski definition) is 3. The average molecular weight is 188 g/mol. The first-order valence-corrected chi connectivity index (χ1v) is 4.83. The van der Waals surface area contributed by atoms with E-state index in [1.54, 1.807) is 7.11 Å². The van der Waals surface area contributed by atoms with Crippen molar-refractivity contribution in [1.82, 2.24) is 0 Å². The molecule has 0 aromatic heterocycles. The van der Waals surface area contributed by atoms with Crippen LogP contribution in [-0.2, 0) is 9.47 Å². The van der Waals surface area contributed by atoms with Crippen LogP contribution in [0.15, 0.2) is 0 Å². The molecule has 0 radical (unpaired) electrons. The number of methoxy groups -OCH3 is 1. The van der Waals surface area contributed by atoms with Gasteiger partial charge in [0, 0.05) is 13.0 Å². The maximum absolute atomic E-state index is 7.12. The van der Waals surface area contributed by atoms with Crippen LogP contribution in [-0.4, -0.2) is 37.1 Å². The summed E-state index contributed by atoms with van der Waals surface area (Å²) in [5.41, 5.74) is -1.01. The van der Waals surface area contributed by atoms with Crippen molar-refractivity contribution >= 4 is 0 Å². The summed E-state index contributed by atoms with van der Waals surface area (Å²) in [7, 11) is 1.70. The minimum absolute atomic E-state index is 0.0813. The van der Waals surface area contributed by atoms with Crippen molar-refractivity contribution in [3.8, 4) is 0 Å². The molecule has 0 aromatic carbocycles. The second-order valence-electron chi connectivity index (χ2n) is 4.75. The molecule has 3 heteroatoms. The molecule has 3 rings (SSSR count). The smallest absolute Gasteiger partial charge is 0.211 e. The highest BCUT2D eigenvalue weighted by Gasteiger charge is 2.70. The zero-order chi connectivity index (χ0) is 10.6. The molecule has 4 atom stereocenters. The zero-order valence-electron chi connectivity index (χ0n) is 9.66. The van der Waals surface area contributed by atoms with E-state index in [1.807, 2.05) is 13.8 Å². The molecule has 0 amide bonds. The third-order valence-corrected chi connectivity index (χ3v) is 3.66. The summed E-state index contributed by atoms with van der Waals surface area (Å²) in [4.78, 5) is 0. The Labute approximate surface area is 80.5 Å². The lowest BCUT2D eigenvalue weighted by atomic mass is 9.62. The number of fused-ring (bicyclic) bond motifs is 1. The summed E-state index contributed by atoms with van der Waals surface area (Å²) in [5.74, 6) is 0.467.